The average molecular weight is 177 g/mol. The number of hydrogen-bond donors (Lipinski definition) is 0. The van der Waals surface area contributed by atoms with Gasteiger partial charge in [0.2, 0.25) is 0 Å². The minimum atomic E-state index is 1.12. The third kappa shape index (κ3) is 1.69. The maximum atomic E-state index is 4.08. The summed E-state index contributed by atoms with van der Waals surface area (Å²) in [7, 11) is 0. The summed E-state index contributed by atoms with van der Waals surface area (Å²) in [6.07, 6.45) is 3.59. The van der Waals surface area contributed by atoms with Crippen molar-refractivity contribution in [2.24, 2.45) is 0 Å². The Morgan fingerprint density at radius 2 is 1.77 bits per heavy atom. The van der Waals surface area contributed by atoms with Crippen molar-refractivity contribution in [3.05, 3.63) is 29.6 Å². The van der Waals surface area contributed by atoms with Crippen LogP contribution in [0.25, 0.3) is 5.52 Å². The van der Waals surface area contributed by atoms with Gasteiger partial charge in [-0.05, 0) is 31.0 Å². The molecule has 13 heavy (non-hydrogen) atoms. The second kappa shape index (κ2) is 4.03. The summed E-state index contributed by atoms with van der Waals surface area (Å²) >= 11 is 0. The Labute approximate surface area is 78.4 Å². The van der Waals surface area contributed by atoms with E-state index in [9.17, 15) is 0 Å². The molecule has 0 saturated carbocycles. The Kier molecular flexibility index (Phi) is 3.01. The summed E-state index contributed by atoms with van der Waals surface area (Å²) < 4.78 is 1.66. The maximum absolute atomic E-state index is 4.08. The fourth-order valence-electron chi connectivity index (χ4n) is 1.26. The zero-order valence-corrected chi connectivity index (χ0v) is 8.57. The Balaban J connectivity index is 0.000000396. The Morgan fingerprint density at radius 3 is 2.38 bits per heavy atom. The van der Waals surface area contributed by atoms with Gasteiger partial charge in [0.15, 0.2) is 0 Å². The van der Waals surface area contributed by atoms with E-state index >= 15 is 0 Å². The van der Waals surface area contributed by atoms with Crippen LogP contribution < -0.4 is 0 Å². The lowest BCUT2D eigenvalue weighted by Crippen LogP contribution is -1.93. The molecule has 0 N–H and O–H groups in total. The smallest absolute Gasteiger partial charge is 0.0931 e. The fraction of sp³-hybridized carbons (Fsp3) is 0.400. The lowest BCUT2D eigenvalue weighted by molar-refractivity contribution is 0.796. The molecule has 2 heterocycles. The van der Waals surface area contributed by atoms with Crippen LogP contribution in [0.1, 0.15) is 25.0 Å². The quantitative estimate of drug-likeness (QED) is 0.618. The Hall–Kier alpha value is -1.38. The molecule has 3 heteroatoms. The Bertz CT molecular complexity index is 390. The summed E-state index contributed by atoms with van der Waals surface area (Å²) in [6, 6.07) is 1.99. The second-order valence-electron chi connectivity index (χ2n) is 2.68. The molecule has 0 amide bonds. The molecule has 3 nitrogen and oxygen atoms in total. The van der Waals surface area contributed by atoms with Gasteiger partial charge in [0.1, 0.15) is 0 Å². The van der Waals surface area contributed by atoms with Gasteiger partial charge >= 0.3 is 0 Å². The van der Waals surface area contributed by atoms with Crippen LogP contribution in [0.2, 0.25) is 0 Å². The van der Waals surface area contributed by atoms with E-state index in [1.54, 1.807) is 10.8 Å². The maximum Gasteiger partial charge on any atom is 0.0931 e. The number of hydrogen-bond acceptors (Lipinski definition) is 2. The van der Waals surface area contributed by atoms with E-state index in [4.69, 9.17) is 0 Å². The molecule has 0 fully saturated rings. The molecule has 2 aromatic rings. The summed E-state index contributed by atoms with van der Waals surface area (Å²) in [6.45, 7) is 8.10. The minimum Gasteiger partial charge on any atom is -0.159 e. The molecule has 0 spiro atoms. The van der Waals surface area contributed by atoms with Crippen LogP contribution >= 0.6 is 0 Å². The molecule has 0 bridgehead atoms. The van der Waals surface area contributed by atoms with E-state index in [1.807, 2.05) is 33.0 Å². The first-order valence-electron chi connectivity index (χ1n) is 4.55. The number of aromatic nitrogens is 3. The van der Waals surface area contributed by atoms with Gasteiger partial charge in [-0.3, -0.25) is 0 Å². The number of nitrogens with zero attached hydrogens (tertiary/aromatic N) is 3. The van der Waals surface area contributed by atoms with Crippen LogP contribution in [-0.2, 0) is 0 Å². The van der Waals surface area contributed by atoms with Gasteiger partial charge in [0.05, 0.1) is 11.7 Å². The first kappa shape index (κ1) is 9.71. The van der Waals surface area contributed by atoms with Gasteiger partial charge in [-0.2, -0.15) is 14.8 Å². The molecule has 0 aliphatic rings. The molecule has 0 saturated heterocycles. The molecule has 70 valence electrons. The van der Waals surface area contributed by atoms with Gasteiger partial charge in [0, 0.05) is 6.20 Å². The Morgan fingerprint density at radius 1 is 1.08 bits per heavy atom. The van der Waals surface area contributed by atoms with Crippen molar-refractivity contribution in [3.8, 4) is 0 Å². The van der Waals surface area contributed by atoms with E-state index in [0.717, 1.165) is 5.52 Å². The van der Waals surface area contributed by atoms with Gasteiger partial charge < -0.3 is 0 Å². The van der Waals surface area contributed by atoms with Crippen molar-refractivity contribution in [2.45, 2.75) is 27.7 Å². The van der Waals surface area contributed by atoms with E-state index in [2.05, 4.69) is 17.1 Å². The van der Waals surface area contributed by atoms with Crippen LogP contribution in [0, 0.1) is 13.8 Å². The summed E-state index contributed by atoms with van der Waals surface area (Å²) in [5.74, 6) is 0. The average Bonchev–Trinajstić information content (AvgIpc) is 2.53. The van der Waals surface area contributed by atoms with Crippen molar-refractivity contribution in [2.75, 3.05) is 0 Å². The first-order valence-corrected chi connectivity index (χ1v) is 4.55. The normalized spacial score (nSPS) is 9.54. The third-order valence-corrected chi connectivity index (χ3v) is 1.81. The topological polar surface area (TPSA) is 30.2 Å². The van der Waals surface area contributed by atoms with E-state index in [0.29, 0.717) is 0 Å². The minimum absolute atomic E-state index is 1.12. The molecule has 2 aromatic heterocycles. The molecule has 2 rings (SSSR count). The van der Waals surface area contributed by atoms with Gasteiger partial charge in [-0.15, -0.1) is 0 Å². The molecule has 0 aliphatic heterocycles. The molecular formula is C10H15N3. The monoisotopic (exact) mass is 177 g/mol. The zero-order valence-electron chi connectivity index (χ0n) is 8.57. The standard InChI is InChI=1S/C8H9N3.C2H6/c1-6-3-4-9-11-8(6)7(2)5-10-11;1-2/h3-5H,1-2H3;1-2H3. The molecule has 0 aliphatic carbocycles. The highest BCUT2D eigenvalue weighted by molar-refractivity contribution is 5.57. The molecule has 0 atom stereocenters. The number of aryl methyl sites for hydroxylation is 2. The van der Waals surface area contributed by atoms with Crippen molar-refractivity contribution in [1.82, 2.24) is 14.8 Å². The van der Waals surface area contributed by atoms with Crippen LogP contribution in [0.4, 0.5) is 0 Å². The molecule has 0 unspecified atom stereocenters. The summed E-state index contributed by atoms with van der Waals surface area (Å²) in [5.41, 5.74) is 3.51. The molecule has 0 aromatic carbocycles. The van der Waals surface area contributed by atoms with Crippen LogP contribution in [0.15, 0.2) is 18.5 Å². The van der Waals surface area contributed by atoms with Crippen molar-refractivity contribution >= 4 is 5.52 Å². The van der Waals surface area contributed by atoms with Crippen molar-refractivity contribution in [3.63, 3.8) is 0 Å². The predicted molar refractivity (Wildman–Crippen MR) is 53.8 cm³/mol. The highest BCUT2D eigenvalue weighted by atomic mass is 15.4. The zero-order chi connectivity index (χ0) is 9.84. The summed E-state index contributed by atoms with van der Waals surface area (Å²) in [5, 5.41) is 8.15. The van der Waals surface area contributed by atoms with Crippen molar-refractivity contribution in [1.29, 1.82) is 0 Å². The predicted octanol–water partition coefficient (Wildman–Crippen LogP) is 2.37. The second-order valence-corrected chi connectivity index (χ2v) is 2.68. The highest BCUT2D eigenvalue weighted by Crippen LogP contribution is 2.11. The number of rotatable bonds is 0. The van der Waals surface area contributed by atoms with E-state index in [-0.39, 0.29) is 0 Å². The lowest BCUT2D eigenvalue weighted by atomic mass is 10.2. The molecular weight excluding hydrogens is 162 g/mol. The van der Waals surface area contributed by atoms with E-state index in [1.165, 1.54) is 11.1 Å². The largest absolute Gasteiger partial charge is 0.159 e. The van der Waals surface area contributed by atoms with Crippen LogP contribution in [0.5, 0.6) is 0 Å². The SMILES string of the molecule is CC.Cc1ccnn2ncc(C)c12. The van der Waals surface area contributed by atoms with Gasteiger partial charge in [0.25, 0.3) is 0 Å². The summed E-state index contributed by atoms with van der Waals surface area (Å²) in [4.78, 5) is 0. The highest BCUT2D eigenvalue weighted by Gasteiger charge is 2.01. The number of fused-ring (bicyclic) bond motifs is 1. The third-order valence-electron chi connectivity index (χ3n) is 1.81. The molecule has 0 radical (unpaired) electrons. The van der Waals surface area contributed by atoms with Crippen molar-refractivity contribution < 1.29 is 0 Å². The fourth-order valence-corrected chi connectivity index (χ4v) is 1.26. The van der Waals surface area contributed by atoms with Crippen LogP contribution in [0.3, 0.4) is 0 Å². The van der Waals surface area contributed by atoms with E-state index < -0.39 is 0 Å². The van der Waals surface area contributed by atoms with Gasteiger partial charge in [-0.1, -0.05) is 13.8 Å². The lowest BCUT2D eigenvalue weighted by Gasteiger charge is -1.95. The van der Waals surface area contributed by atoms with Gasteiger partial charge in [-0.25, -0.2) is 0 Å². The van der Waals surface area contributed by atoms with Crippen LogP contribution in [-0.4, -0.2) is 14.8 Å². The first-order chi connectivity index (χ1) is 6.29.